The van der Waals surface area contributed by atoms with Gasteiger partial charge in [-0.15, -0.1) is 0 Å². The average molecular weight is 409 g/mol. The van der Waals surface area contributed by atoms with E-state index in [2.05, 4.69) is 11.8 Å². The molecule has 4 rings (SSSR count). The zero-order chi connectivity index (χ0) is 21.3. The van der Waals surface area contributed by atoms with Crippen molar-refractivity contribution in [1.29, 1.82) is 0 Å². The molecule has 1 aromatic heterocycles. The van der Waals surface area contributed by atoms with E-state index in [1.165, 1.54) is 6.42 Å². The predicted molar refractivity (Wildman–Crippen MR) is 121 cm³/mol. The van der Waals surface area contributed by atoms with Gasteiger partial charge in [-0.1, -0.05) is 25.5 Å². The van der Waals surface area contributed by atoms with Gasteiger partial charge in [0.15, 0.2) is 0 Å². The van der Waals surface area contributed by atoms with Crippen LogP contribution in [0.4, 0.5) is 17.1 Å². The molecule has 160 valence electrons. The molecule has 2 aliphatic rings. The summed E-state index contributed by atoms with van der Waals surface area (Å²) in [6.45, 7) is 9.67. The minimum atomic E-state index is -0.0326. The van der Waals surface area contributed by atoms with Crippen LogP contribution in [-0.4, -0.2) is 47.5 Å². The number of piperidine rings is 1. The molecule has 0 saturated carbocycles. The maximum atomic E-state index is 13.8. The second kappa shape index (κ2) is 8.64. The first-order chi connectivity index (χ1) is 14.6. The number of para-hydroxylation sites is 2. The highest BCUT2D eigenvalue weighted by atomic mass is 16.2. The summed E-state index contributed by atoms with van der Waals surface area (Å²) in [6, 6.07) is 7.81. The highest BCUT2D eigenvalue weighted by Gasteiger charge is 2.37. The quantitative estimate of drug-likeness (QED) is 0.745. The van der Waals surface area contributed by atoms with E-state index < -0.39 is 0 Å². The fourth-order valence-electron chi connectivity index (χ4n) is 4.78. The molecule has 1 aromatic carbocycles. The number of likely N-dealkylation sites (tertiary alicyclic amines) is 1. The monoisotopic (exact) mass is 408 g/mol. The molecule has 1 saturated heterocycles. The molecule has 6 nitrogen and oxygen atoms in total. The molecule has 2 amide bonds. The van der Waals surface area contributed by atoms with E-state index in [0.717, 1.165) is 55.0 Å². The number of aromatic nitrogens is 1. The second-order valence-electron chi connectivity index (χ2n) is 8.10. The highest BCUT2D eigenvalue weighted by molar-refractivity contribution is 6.19. The number of rotatable bonds is 5. The van der Waals surface area contributed by atoms with Crippen LogP contribution in [0.2, 0.25) is 0 Å². The van der Waals surface area contributed by atoms with Gasteiger partial charge in [0.05, 0.1) is 23.6 Å². The summed E-state index contributed by atoms with van der Waals surface area (Å²) in [4.78, 5) is 33.3. The van der Waals surface area contributed by atoms with Crippen LogP contribution >= 0.6 is 0 Å². The summed E-state index contributed by atoms with van der Waals surface area (Å²) in [5.41, 5.74) is 4.05. The number of nitrogens with zero attached hydrogens (tertiary/aromatic N) is 4. The molecule has 1 fully saturated rings. The lowest BCUT2D eigenvalue weighted by Crippen LogP contribution is -2.40. The zero-order valence-electron chi connectivity index (χ0n) is 18.4. The second-order valence-corrected chi connectivity index (χ2v) is 8.10. The minimum Gasteiger partial charge on any atom is -0.342 e. The minimum absolute atomic E-state index is 0.0326. The van der Waals surface area contributed by atoms with E-state index >= 15 is 0 Å². The molecule has 3 heterocycles. The number of amides is 2. The molecule has 2 aromatic rings. The van der Waals surface area contributed by atoms with E-state index in [-0.39, 0.29) is 11.8 Å². The third-order valence-electron chi connectivity index (χ3n) is 6.31. The van der Waals surface area contributed by atoms with Crippen LogP contribution in [0.3, 0.4) is 0 Å². The predicted octanol–water partition coefficient (Wildman–Crippen LogP) is 4.20. The van der Waals surface area contributed by atoms with Crippen molar-refractivity contribution in [2.75, 3.05) is 36.0 Å². The maximum Gasteiger partial charge on any atom is 0.277 e. The smallest absolute Gasteiger partial charge is 0.277 e. The summed E-state index contributed by atoms with van der Waals surface area (Å²) >= 11 is 0. The van der Waals surface area contributed by atoms with Crippen LogP contribution in [-0.2, 0) is 17.8 Å². The SMILES string of the molecule is CCc1cn(CC)c2c1N(C(=O)CN1CCCCC1)c1ccccc1N(CC)C2=O. The molecular formula is C24H32N4O2. The summed E-state index contributed by atoms with van der Waals surface area (Å²) in [7, 11) is 0. The fraction of sp³-hybridized carbons (Fsp3) is 0.500. The molecule has 6 heteroatoms. The Morgan fingerprint density at radius 2 is 1.67 bits per heavy atom. The Morgan fingerprint density at radius 1 is 0.967 bits per heavy atom. The van der Waals surface area contributed by atoms with E-state index in [0.29, 0.717) is 25.3 Å². The van der Waals surface area contributed by atoms with Gasteiger partial charge in [0, 0.05) is 19.3 Å². The van der Waals surface area contributed by atoms with Gasteiger partial charge < -0.3 is 9.47 Å². The Morgan fingerprint density at radius 3 is 2.30 bits per heavy atom. The van der Waals surface area contributed by atoms with E-state index in [4.69, 9.17) is 0 Å². The molecule has 0 bridgehead atoms. The van der Waals surface area contributed by atoms with Crippen molar-refractivity contribution in [1.82, 2.24) is 9.47 Å². The highest BCUT2D eigenvalue weighted by Crippen LogP contribution is 2.43. The first-order valence-corrected chi connectivity index (χ1v) is 11.3. The van der Waals surface area contributed by atoms with Crippen LogP contribution in [0, 0.1) is 0 Å². The molecule has 0 atom stereocenters. The number of fused-ring (bicyclic) bond motifs is 2. The summed E-state index contributed by atoms with van der Waals surface area (Å²) in [5, 5.41) is 0. The summed E-state index contributed by atoms with van der Waals surface area (Å²) in [6.07, 6.45) is 6.34. The lowest BCUT2D eigenvalue weighted by molar-refractivity contribution is -0.119. The number of carbonyl (C=O) groups excluding carboxylic acids is 2. The first-order valence-electron chi connectivity index (χ1n) is 11.3. The van der Waals surface area contributed by atoms with Gasteiger partial charge in [0.2, 0.25) is 5.91 Å². The molecule has 30 heavy (non-hydrogen) atoms. The lowest BCUT2D eigenvalue weighted by atomic mass is 10.1. The topological polar surface area (TPSA) is 48.8 Å². The van der Waals surface area contributed by atoms with Gasteiger partial charge in [0.1, 0.15) is 5.69 Å². The molecule has 2 aliphatic heterocycles. The van der Waals surface area contributed by atoms with Crippen molar-refractivity contribution in [2.24, 2.45) is 0 Å². The third-order valence-corrected chi connectivity index (χ3v) is 6.31. The van der Waals surface area contributed by atoms with E-state index in [1.54, 1.807) is 4.90 Å². The number of hydrogen-bond donors (Lipinski definition) is 0. The Labute approximate surface area is 179 Å². The van der Waals surface area contributed by atoms with Crippen molar-refractivity contribution >= 4 is 28.9 Å². The van der Waals surface area contributed by atoms with Gasteiger partial charge in [-0.3, -0.25) is 19.4 Å². The lowest BCUT2D eigenvalue weighted by Gasteiger charge is -2.30. The number of hydrogen-bond acceptors (Lipinski definition) is 3. The van der Waals surface area contributed by atoms with Crippen LogP contribution in [0.5, 0.6) is 0 Å². The van der Waals surface area contributed by atoms with E-state index in [9.17, 15) is 9.59 Å². The maximum absolute atomic E-state index is 13.8. The van der Waals surface area contributed by atoms with Gasteiger partial charge >= 0.3 is 0 Å². The Hall–Kier alpha value is -2.60. The standard InChI is InChI=1S/C24H32N4O2/c1-4-18-16-26(5-2)23-22(18)28(21(29)17-25-14-10-7-11-15-25)20-13-9-8-12-19(20)27(6-3)24(23)30/h8-9,12-13,16H,4-7,10-11,14-15,17H2,1-3H3. The van der Waals surface area contributed by atoms with Crippen LogP contribution in [0.15, 0.2) is 30.5 Å². The van der Waals surface area contributed by atoms with Crippen molar-refractivity contribution < 1.29 is 9.59 Å². The molecule has 0 spiro atoms. The number of anilines is 3. The third kappa shape index (κ3) is 3.43. The molecular weight excluding hydrogens is 376 g/mol. The van der Waals surface area contributed by atoms with Crippen molar-refractivity contribution in [3.05, 3.63) is 41.7 Å². The Balaban J connectivity index is 1.89. The normalized spacial score (nSPS) is 17.0. The van der Waals surface area contributed by atoms with Gasteiger partial charge in [-0.25, -0.2) is 0 Å². The Bertz CT molecular complexity index is 943. The summed E-state index contributed by atoms with van der Waals surface area (Å²) < 4.78 is 2.01. The van der Waals surface area contributed by atoms with Crippen molar-refractivity contribution in [2.45, 2.75) is 53.0 Å². The Kier molecular flexibility index (Phi) is 5.95. The van der Waals surface area contributed by atoms with Gasteiger partial charge in [-0.05, 0) is 63.9 Å². The van der Waals surface area contributed by atoms with E-state index in [1.807, 2.05) is 53.8 Å². The van der Waals surface area contributed by atoms with Crippen LogP contribution < -0.4 is 9.80 Å². The van der Waals surface area contributed by atoms with Gasteiger partial charge in [-0.2, -0.15) is 0 Å². The first kappa shape index (κ1) is 20.7. The fourth-order valence-corrected chi connectivity index (χ4v) is 4.78. The molecule has 0 aliphatic carbocycles. The van der Waals surface area contributed by atoms with Crippen molar-refractivity contribution in [3.63, 3.8) is 0 Å². The largest absolute Gasteiger partial charge is 0.342 e. The molecule has 0 radical (unpaired) electrons. The van der Waals surface area contributed by atoms with Crippen molar-refractivity contribution in [3.8, 4) is 0 Å². The summed E-state index contributed by atoms with van der Waals surface area (Å²) in [5.74, 6) is 0.00896. The molecule has 0 N–H and O–H groups in total. The number of benzene rings is 1. The number of aryl methyl sites for hydroxylation is 2. The number of carbonyl (C=O) groups is 2. The van der Waals surface area contributed by atoms with Gasteiger partial charge in [0.25, 0.3) is 5.91 Å². The molecule has 0 unspecified atom stereocenters. The van der Waals surface area contributed by atoms with Crippen LogP contribution in [0.25, 0.3) is 0 Å². The van der Waals surface area contributed by atoms with Crippen LogP contribution in [0.1, 0.15) is 56.1 Å². The average Bonchev–Trinajstić information content (AvgIpc) is 3.09. The zero-order valence-corrected chi connectivity index (χ0v) is 18.4.